The molecule has 2 N–H and O–H groups in total. The number of hydrogen-bond donors (Lipinski definition) is 1. The summed E-state index contributed by atoms with van der Waals surface area (Å²) in [4.78, 5) is 5.09. The molecule has 0 saturated carbocycles. The predicted octanol–water partition coefficient (Wildman–Crippen LogP) is 2.96. The Morgan fingerprint density at radius 3 is 2.60 bits per heavy atom. The van der Waals surface area contributed by atoms with Crippen LogP contribution in [0.4, 0.5) is 5.82 Å². The quantitative estimate of drug-likeness (QED) is 0.802. The lowest BCUT2D eigenvalue weighted by Gasteiger charge is -2.03. The van der Waals surface area contributed by atoms with E-state index < -0.39 is 0 Å². The van der Waals surface area contributed by atoms with Crippen molar-refractivity contribution in [2.24, 2.45) is 0 Å². The number of benzene rings is 1. The fraction of sp³-hybridized carbons (Fsp3) is 0.0833. The predicted molar refractivity (Wildman–Crippen MR) is 64.7 cm³/mol. The number of nitrogens with two attached hydrogens (primary N) is 1. The molecule has 76 valence electrons. The Hall–Kier alpha value is -1.48. The molecule has 0 radical (unpaired) electrons. The first-order valence-electron chi connectivity index (χ1n) is 4.73. The number of pyridine rings is 1. The van der Waals surface area contributed by atoms with Gasteiger partial charge in [-0.2, -0.15) is 0 Å². The summed E-state index contributed by atoms with van der Waals surface area (Å²) in [6.07, 6.45) is 1.71. The SMILES string of the molecule is Nc1ncccc1SCc1ccccc1. The van der Waals surface area contributed by atoms with E-state index in [1.165, 1.54) is 5.56 Å². The molecule has 0 unspecified atom stereocenters. The van der Waals surface area contributed by atoms with Crippen LogP contribution in [0.15, 0.2) is 53.6 Å². The van der Waals surface area contributed by atoms with Gasteiger partial charge in [0.2, 0.25) is 0 Å². The number of nitrogen functional groups attached to an aromatic ring is 1. The minimum Gasteiger partial charge on any atom is -0.383 e. The van der Waals surface area contributed by atoms with Crippen LogP contribution in [-0.4, -0.2) is 4.98 Å². The standard InChI is InChI=1S/C12H12N2S/c13-12-11(7-4-8-14-12)15-9-10-5-2-1-3-6-10/h1-8H,9H2,(H2,13,14). The van der Waals surface area contributed by atoms with Gasteiger partial charge in [0, 0.05) is 16.8 Å². The molecule has 2 aromatic rings. The van der Waals surface area contributed by atoms with Crippen molar-refractivity contribution in [3.05, 3.63) is 54.2 Å². The first kappa shape index (κ1) is 10.1. The smallest absolute Gasteiger partial charge is 0.137 e. The molecule has 0 spiro atoms. The third-order valence-electron chi connectivity index (χ3n) is 2.04. The number of rotatable bonds is 3. The van der Waals surface area contributed by atoms with Gasteiger partial charge in [0.05, 0.1) is 0 Å². The highest BCUT2D eigenvalue weighted by Crippen LogP contribution is 2.25. The van der Waals surface area contributed by atoms with Gasteiger partial charge in [0.1, 0.15) is 5.82 Å². The lowest BCUT2D eigenvalue weighted by atomic mass is 10.2. The number of hydrogen-bond acceptors (Lipinski definition) is 3. The number of anilines is 1. The molecule has 2 rings (SSSR count). The summed E-state index contributed by atoms with van der Waals surface area (Å²) in [6, 6.07) is 14.2. The van der Waals surface area contributed by atoms with Crippen LogP contribution in [0.25, 0.3) is 0 Å². The van der Waals surface area contributed by atoms with Crippen LogP contribution in [0.2, 0.25) is 0 Å². The second-order valence-corrected chi connectivity index (χ2v) is 4.18. The van der Waals surface area contributed by atoms with E-state index in [-0.39, 0.29) is 0 Å². The van der Waals surface area contributed by atoms with Crippen LogP contribution >= 0.6 is 11.8 Å². The van der Waals surface area contributed by atoms with Crippen molar-refractivity contribution in [1.82, 2.24) is 4.98 Å². The van der Waals surface area contributed by atoms with Crippen molar-refractivity contribution in [3.8, 4) is 0 Å². The molecular formula is C12H12N2S. The maximum atomic E-state index is 5.75. The summed E-state index contributed by atoms with van der Waals surface area (Å²) in [7, 11) is 0. The molecule has 1 aromatic heterocycles. The van der Waals surface area contributed by atoms with Crippen LogP contribution in [-0.2, 0) is 5.75 Å². The Morgan fingerprint density at radius 2 is 1.87 bits per heavy atom. The van der Waals surface area contributed by atoms with Crippen LogP contribution in [0.3, 0.4) is 0 Å². The van der Waals surface area contributed by atoms with Crippen molar-refractivity contribution in [1.29, 1.82) is 0 Å². The maximum Gasteiger partial charge on any atom is 0.137 e. The van der Waals surface area contributed by atoms with E-state index in [2.05, 4.69) is 17.1 Å². The van der Waals surface area contributed by atoms with Gasteiger partial charge in [0.25, 0.3) is 0 Å². The first-order valence-corrected chi connectivity index (χ1v) is 5.72. The van der Waals surface area contributed by atoms with Crippen LogP contribution in [0.1, 0.15) is 5.56 Å². The second kappa shape index (κ2) is 4.84. The average Bonchev–Trinajstić information content (AvgIpc) is 2.29. The van der Waals surface area contributed by atoms with Gasteiger partial charge in [-0.05, 0) is 17.7 Å². The molecule has 0 aliphatic rings. The summed E-state index contributed by atoms with van der Waals surface area (Å²) < 4.78 is 0. The lowest BCUT2D eigenvalue weighted by Crippen LogP contribution is -1.91. The van der Waals surface area contributed by atoms with Gasteiger partial charge in [-0.25, -0.2) is 4.98 Å². The van der Waals surface area contributed by atoms with Gasteiger partial charge in [0.15, 0.2) is 0 Å². The highest BCUT2D eigenvalue weighted by atomic mass is 32.2. The van der Waals surface area contributed by atoms with Crippen molar-refractivity contribution >= 4 is 17.6 Å². The van der Waals surface area contributed by atoms with Crippen LogP contribution in [0.5, 0.6) is 0 Å². The maximum absolute atomic E-state index is 5.75. The molecular weight excluding hydrogens is 204 g/mol. The highest BCUT2D eigenvalue weighted by molar-refractivity contribution is 7.98. The Bertz CT molecular complexity index is 429. The van der Waals surface area contributed by atoms with Gasteiger partial charge in [-0.15, -0.1) is 11.8 Å². The fourth-order valence-electron chi connectivity index (χ4n) is 1.26. The van der Waals surface area contributed by atoms with Gasteiger partial charge in [-0.1, -0.05) is 30.3 Å². The number of aromatic nitrogens is 1. The van der Waals surface area contributed by atoms with Gasteiger partial charge in [-0.3, -0.25) is 0 Å². The van der Waals surface area contributed by atoms with Gasteiger partial charge >= 0.3 is 0 Å². The third-order valence-corrected chi connectivity index (χ3v) is 3.17. The van der Waals surface area contributed by atoms with E-state index in [1.807, 2.05) is 30.3 Å². The molecule has 0 aliphatic carbocycles. The Morgan fingerprint density at radius 1 is 1.07 bits per heavy atom. The van der Waals surface area contributed by atoms with Crippen LogP contribution in [0, 0.1) is 0 Å². The summed E-state index contributed by atoms with van der Waals surface area (Å²) in [5.74, 6) is 1.54. The molecule has 0 saturated heterocycles. The monoisotopic (exact) mass is 216 g/mol. The number of thioether (sulfide) groups is 1. The summed E-state index contributed by atoms with van der Waals surface area (Å²) in [5.41, 5.74) is 7.05. The molecule has 0 amide bonds. The molecule has 0 aliphatic heterocycles. The zero-order valence-corrected chi connectivity index (χ0v) is 9.08. The molecule has 3 heteroatoms. The zero-order valence-electron chi connectivity index (χ0n) is 8.26. The molecule has 0 atom stereocenters. The largest absolute Gasteiger partial charge is 0.383 e. The van der Waals surface area contributed by atoms with E-state index in [1.54, 1.807) is 18.0 Å². The normalized spacial score (nSPS) is 10.1. The molecule has 2 nitrogen and oxygen atoms in total. The van der Waals surface area contributed by atoms with Gasteiger partial charge < -0.3 is 5.73 Å². The van der Waals surface area contributed by atoms with Crippen molar-refractivity contribution in [3.63, 3.8) is 0 Å². The topological polar surface area (TPSA) is 38.9 Å². The molecule has 15 heavy (non-hydrogen) atoms. The molecule has 0 bridgehead atoms. The van der Waals surface area contributed by atoms with E-state index >= 15 is 0 Å². The van der Waals surface area contributed by atoms with E-state index in [0.717, 1.165) is 10.6 Å². The Kier molecular flexibility index (Phi) is 3.25. The second-order valence-electron chi connectivity index (χ2n) is 3.16. The summed E-state index contributed by atoms with van der Waals surface area (Å²) in [5, 5.41) is 0. The molecule has 1 heterocycles. The first-order chi connectivity index (χ1) is 7.36. The van der Waals surface area contributed by atoms with E-state index in [0.29, 0.717) is 5.82 Å². The average molecular weight is 216 g/mol. The van der Waals surface area contributed by atoms with Crippen molar-refractivity contribution < 1.29 is 0 Å². The zero-order chi connectivity index (χ0) is 10.5. The summed E-state index contributed by atoms with van der Waals surface area (Å²) >= 11 is 1.71. The van der Waals surface area contributed by atoms with Crippen molar-refractivity contribution in [2.75, 3.05) is 5.73 Å². The Labute approximate surface area is 93.5 Å². The minimum absolute atomic E-state index is 0.610. The highest BCUT2D eigenvalue weighted by Gasteiger charge is 1.99. The Balaban J connectivity index is 2.03. The van der Waals surface area contributed by atoms with E-state index in [9.17, 15) is 0 Å². The fourth-order valence-corrected chi connectivity index (χ4v) is 2.15. The van der Waals surface area contributed by atoms with Crippen LogP contribution < -0.4 is 5.73 Å². The lowest BCUT2D eigenvalue weighted by molar-refractivity contribution is 1.25. The third kappa shape index (κ3) is 2.73. The minimum atomic E-state index is 0.610. The molecule has 1 aromatic carbocycles. The summed E-state index contributed by atoms with van der Waals surface area (Å²) in [6.45, 7) is 0. The number of nitrogens with zero attached hydrogens (tertiary/aromatic N) is 1. The van der Waals surface area contributed by atoms with E-state index in [4.69, 9.17) is 5.73 Å². The van der Waals surface area contributed by atoms with Crippen molar-refractivity contribution in [2.45, 2.75) is 10.6 Å². The molecule has 0 fully saturated rings.